The van der Waals surface area contributed by atoms with Gasteiger partial charge in [0.1, 0.15) is 0 Å². The molecule has 27 heavy (non-hydrogen) atoms. The van der Waals surface area contributed by atoms with Gasteiger partial charge in [0.05, 0.1) is 17.8 Å². The van der Waals surface area contributed by atoms with Crippen molar-refractivity contribution in [3.8, 4) is 11.4 Å². The van der Waals surface area contributed by atoms with Crippen molar-refractivity contribution < 1.29 is 0 Å². The molecule has 0 saturated carbocycles. The number of aryl methyl sites for hydroxylation is 1. The van der Waals surface area contributed by atoms with E-state index in [4.69, 9.17) is 0 Å². The third-order valence-electron chi connectivity index (χ3n) is 4.43. The summed E-state index contributed by atoms with van der Waals surface area (Å²) in [4.78, 5) is 33.8. The van der Waals surface area contributed by atoms with E-state index in [1.807, 2.05) is 42.0 Å². The highest BCUT2D eigenvalue weighted by molar-refractivity contribution is 5.54. The van der Waals surface area contributed by atoms with Gasteiger partial charge >= 0.3 is 5.69 Å². The van der Waals surface area contributed by atoms with Crippen LogP contribution in [0.3, 0.4) is 0 Å². The fraction of sp³-hybridized carbons (Fsp3) is 0.143. The second-order valence-electron chi connectivity index (χ2n) is 6.47. The van der Waals surface area contributed by atoms with Crippen molar-refractivity contribution in [1.82, 2.24) is 19.1 Å². The molecule has 0 aliphatic carbocycles. The first-order valence-electron chi connectivity index (χ1n) is 8.67. The maximum Gasteiger partial charge on any atom is 0.352 e. The number of fused-ring (bicyclic) bond motifs is 1. The normalized spacial score (nSPS) is 11.0. The maximum absolute atomic E-state index is 12.9. The minimum absolute atomic E-state index is 0.105. The Hall–Kier alpha value is -3.54. The van der Waals surface area contributed by atoms with Crippen molar-refractivity contribution in [2.75, 3.05) is 0 Å². The first-order chi connectivity index (χ1) is 13.1. The number of hydrogen-bond acceptors (Lipinski definition) is 4. The van der Waals surface area contributed by atoms with Crippen LogP contribution in [0.1, 0.15) is 16.8 Å². The molecule has 1 aromatic carbocycles. The molecule has 0 radical (unpaired) electrons. The minimum Gasteiger partial charge on any atom is -0.328 e. The van der Waals surface area contributed by atoms with Crippen LogP contribution in [-0.2, 0) is 13.1 Å². The zero-order chi connectivity index (χ0) is 18.8. The third-order valence-corrected chi connectivity index (χ3v) is 4.43. The summed E-state index contributed by atoms with van der Waals surface area (Å²) in [7, 11) is 0. The number of benzene rings is 1. The lowest BCUT2D eigenvalue weighted by molar-refractivity contribution is 0.668. The van der Waals surface area contributed by atoms with Gasteiger partial charge in [0.2, 0.25) is 0 Å². The summed E-state index contributed by atoms with van der Waals surface area (Å²) in [5.74, 6) is 0.395. The molecule has 2 aromatic rings. The Morgan fingerprint density at radius 2 is 1.85 bits per heavy atom. The molecule has 2 aliphatic heterocycles. The molecule has 6 nitrogen and oxygen atoms in total. The molecule has 3 heterocycles. The molecule has 1 aromatic heterocycles. The van der Waals surface area contributed by atoms with Crippen LogP contribution < -0.4 is 11.2 Å². The number of nitrogens with zero attached hydrogens (tertiary/aromatic N) is 4. The van der Waals surface area contributed by atoms with Crippen LogP contribution >= 0.6 is 0 Å². The highest BCUT2D eigenvalue weighted by atomic mass is 16.2. The average molecular weight is 358 g/mol. The third kappa shape index (κ3) is 3.42. The Kier molecular flexibility index (Phi) is 4.38. The van der Waals surface area contributed by atoms with E-state index >= 15 is 0 Å². The Bertz CT molecular complexity index is 1180. The van der Waals surface area contributed by atoms with Gasteiger partial charge in [0, 0.05) is 18.9 Å². The Morgan fingerprint density at radius 1 is 0.963 bits per heavy atom. The highest BCUT2D eigenvalue weighted by Crippen LogP contribution is 2.16. The summed E-state index contributed by atoms with van der Waals surface area (Å²) in [5.41, 5.74) is 2.38. The van der Waals surface area contributed by atoms with E-state index in [2.05, 4.69) is 16.0 Å². The summed E-state index contributed by atoms with van der Waals surface area (Å²) in [5, 5.41) is 0. The smallest absolute Gasteiger partial charge is 0.328 e. The maximum atomic E-state index is 12.9. The van der Waals surface area contributed by atoms with Crippen LogP contribution in [0.4, 0.5) is 0 Å². The van der Waals surface area contributed by atoms with Crippen molar-refractivity contribution in [2.45, 2.75) is 20.0 Å². The van der Waals surface area contributed by atoms with Gasteiger partial charge in [0.25, 0.3) is 5.56 Å². The Morgan fingerprint density at radius 3 is 2.63 bits per heavy atom. The van der Waals surface area contributed by atoms with E-state index < -0.39 is 5.69 Å². The van der Waals surface area contributed by atoms with Crippen molar-refractivity contribution in [3.05, 3.63) is 105 Å². The van der Waals surface area contributed by atoms with Crippen LogP contribution in [0.25, 0.3) is 11.4 Å². The van der Waals surface area contributed by atoms with E-state index in [0.717, 1.165) is 15.7 Å². The van der Waals surface area contributed by atoms with Crippen LogP contribution in [0, 0.1) is 6.92 Å². The van der Waals surface area contributed by atoms with E-state index in [1.54, 1.807) is 30.5 Å². The molecule has 2 aliphatic rings. The fourth-order valence-electron chi connectivity index (χ4n) is 3.15. The average Bonchev–Trinajstić information content (AvgIpc) is 2.67. The predicted molar refractivity (Wildman–Crippen MR) is 103 cm³/mol. The number of rotatable bonds is 4. The first-order valence-corrected chi connectivity index (χ1v) is 8.67. The molecular formula is C21H18N4O2. The standard InChI is InChI=1S/C21H18N4O2/c1-15-6-4-7-16(12-15)13-24-11-5-9-18-19(24)23-21(27)25(20(18)26)14-17-8-2-3-10-22-17/h2-12H,13-14H2,1H3. The molecule has 0 amide bonds. The Labute approximate surface area is 155 Å². The molecule has 0 spiro atoms. The summed E-state index contributed by atoms with van der Waals surface area (Å²) >= 11 is 0. The van der Waals surface area contributed by atoms with Crippen LogP contribution in [0.5, 0.6) is 0 Å². The van der Waals surface area contributed by atoms with E-state index in [1.165, 1.54) is 0 Å². The quantitative estimate of drug-likeness (QED) is 0.561. The fourth-order valence-corrected chi connectivity index (χ4v) is 3.15. The first kappa shape index (κ1) is 16.9. The minimum atomic E-state index is -0.567. The van der Waals surface area contributed by atoms with Gasteiger partial charge in [-0.1, -0.05) is 35.9 Å². The Balaban J connectivity index is 1.79. The molecular weight excluding hydrogens is 340 g/mol. The molecule has 0 fully saturated rings. The molecule has 4 rings (SSSR count). The summed E-state index contributed by atoms with van der Waals surface area (Å²) in [6, 6.07) is 17.0. The van der Waals surface area contributed by atoms with Gasteiger partial charge in [-0.05, 0) is 36.8 Å². The van der Waals surface area contributed by atoms with E-state index in [9.17, 15) is 9.59 Å². The molecule has 0 N–H and O–H groups in total. The van der Waals surface area contributed by atoms with Crippen LogP contribution in [0.15, 0.2) is 76.6 Å². The lowest BCUT2D eigenvalue weighted by Crippen LogP contribution is -2.38. The second kappa shape index (κ2) is 6.99. The summed E-state index contributed by atoms with van der Waals surface area (Å²) < 4.78 is 2.96. The number of aromatic nitrogens is 4. The van der Waals surface area contributed by atoms with Gasteiger partial charge in [-0.3, -0.25) is 14.3 Å². The van der Waals surface area contributed by atoms with Gasteiger partial charge < -0.3 is 4.57 Å². The molecule has 0 unspecified atom stereocenters. The summed E-state index contributed by atoms with van der Waals surface area (Å²) in [6.45, 7) is 2.67. The zero-order valence-electron chi connectivity index (χ0n) is 14.9. The molecule has 134 valence electrons. The molecule has 6 heteroatoms. The van der Waals surface area contributed by atoms with Crippen molar-refractivity contribution in [1.29, 1.82) is 0 Å². The lowest BCUT2D eigenvalue weighted by atomic mass is 10.1. The predicted octanol–water partition coefficient (Wildman–Crippen LogP) is 2.31. The lowest BCUT2D eigenvalue weighted by Gasteiger charge is -2.15. The van der Waals surface area contributed by atoms with Gasteiger partial charge in [-0.25, -0.2) is 4.79 Å². The number of hydrogen-bond donors (Lipinski definition) is 0. The molecule has 0 saturated heterocycles. The van der Waals surface area contributed by atoms with Crippen LogP contribution in [0.2, 0.25) is 0 Å². The van der Waals surface area contributed by atoms with E-state index in [-0.39, 0.29) is 12.1 Å². The number of pyridine rings is 2. The topological polar surface area (TPSA) is 69.8 Å². The van der Waals surface area contributed by atoms with E-state index in [0.29, 0.717) is 23.6 Å². The van der Waals surface area contributed by atoms with Crippen LogP contribution in [-0.4, -0.2) is 19.1 Å². The van der Waals surface area contributed by atoms with Gasteiger partial charge in [0.15, 0.2) is 5.82 Å². The monoisotopic (exact) mass is 358 g/mol. The largest absolute Gasteiger partial charge is 0.352 e. The van der Waals surface area contributed by atoms with Crippen molar-refractivity contribution in [2.24, 2.45) is 0 Å². The second-order valence-corrected chi connectivity index (χ2v) is 6.47. The van der Waals surface area contributed by atoms with Crippen molar-refractivity contribution >= 4 is 0 Å². The van der Waals surface area contributed by atoms with Crippen molar-refractivity contribution in [3.63, 3.8) is 0 Å². The molecule has 0 bridgehead atoms. The zero-order valence-corrected chi connectivity index (χ0v) is 14.9. The van der Waals surface area contributed by atoms with Gasteiger partial charge in [-0.15, -0.1) is 0 Å². The summed E-state index contributed by atoms with van der Waals surface area (Å²) in [6.07, 6.45) is 3.47. The SMILES string of the molecule is Cc1cccc(Cn2cccc3c(=O)n(Cc4ccccn4)c(=O)nc2-3)c1. The van der Waals surface area contributed by atoms with Gasteiger partial charge in [-0.2, -0.15) is 4.98 Å². The molecule has 0 atom stereocenters. The highest BCUT2D eigenvalue weighted by Gasteiger charge is 2.17.